The van der Waals surface area contributed by atoms with Gasteiger partial charge in [0.25, 0.3) is 5.56 Å². The molecule has 0 spiro atoms. The number of methoxy groups -OCH3 is 1. The van der Waals surface area contributed by atoms with E-state index in [9.17, 15) is 10.1 Å². The number of H-pyrrole nitrogens is 1. The van der Waals surface area contributed by atoms with E-state index in [4.69, 9.17) is 14.2 Å². The highest BCUT2D eigenvalue weighted by Crippen LogP contribution is 2.31. The SMILES string of the molecule is CCOc1ccccc1OCc1cc(-c2nc(SC)[nH]c(=O)c2C#N)ccc1OC. The molecule has 3 rings (SSSR count). The van der Waals surface area contributed by atoms with Gasteiger partial charge in [-0.3, -0.25) is 4.79 Å². The lowest BCUT2D eigenvalue weighted by molar-refractivity contribution is 0.265. The molecule has 3 aromatic rings. The van der Waals surface area contributed by atoms with Crippen molar-refractivity contribution in [3.63, 3.8) is 0 Å². The topological polar surface area (TPSA) is 97.2 Å². The molecule has 30 heavy (non-hydrogen) atoms. The van der Waals surface area contributed by atoms with Crippen LogP contribution in [0.5, 0.6) is 17.2 Å². The van der Waals surface area contributed by atoms with Gasteiger partial charge in [-0.05, 0) is 43.5 Å². The van der Waals surface area contributed by atoms with E-state index in [1.54, 1.807) is 25.5 Å². The third kappa shape index (κ3) is 4.58. The highest BCUT2D eigenvalue weighted by molar-refractivity contribution is 7.98. The molecular weight excluding hydrogens is 402 g/mol. The number of nitrogens with zero attached hydrogens (tertiary/aromatic N) is 2. The normalized spacial score (nSPS) is 10.3. The number of para-hydroxylation sites is 2. The summed E-state index contributed by atoms with van der Waals surface area (Å²) >= 11 is 1.30. The first-order valence-electron chi connectivity index (χ1n) is 9.21. The van der Waals surface area contributed by atoms with Crippen LogP contribution in [0.15, 0.2) is 52.4 Å². The van der Waals surface area contributed by atoms with Crippen molar-refractivity contribution < 1.29 is 14.2 Å². The van der Waals surface area contributed by atoms with E-state index < -0.39 is 5.56 Å². The van der Waals surface area contributed by atoms with Crippen LogP contribution in [0.2, 0.25) is 0 Å². The summed E-state index contributed by atoms with van der Waals surface area (Å²) in [7, 11) is 1.57. The van der Waals surface area contributed by atoms with E-state index in [2.05, 4.69) is 9.97 Å². The van der Waals surface area contributed by atoms with Crippen LogP contribution >= 0.6 is 11.8 Å². The van der Waals surface area contributed by atoms with E-state index >= 15 is 0 Å². The van der Waals surface area contributed by atoms with Crippen molar-refractivity contribution in [2.24, 2.45) is 0 Å². The Morgan fingerprint density at radius 2 is 1.87 bits per heavy atom. The van der Waals surface area contributed by atoms with Gasteiger partial charge in [-0.2, -0.15) is 5.26 Å². The summed E-state index contributed by atoms with van der Waals surface area (Å²) in [6.07, 6.45) is 1.80. The molecule has 1 heterocycles. The molecular formula is C22H21N3O4S. The third-order valence-corrected chi connectivity index (χ3v) is 4.87. The maximum absolute atomic E-state index is 12.2. The van der Waals surface area contributed by atoms with E-state index in [1.165, 1.54) is 11.8 Å². The van der Waals surface area contributed by atoms with Crippen molar-refractivity contribution >= 4 is 11.8 Å². The zero-order valence-corrected chi connectivity index (χ0v) is 17.7. The first kappa shape index (κ1) is 21.3. The summed E-state index contributed by atoms with van der Waals surface area (Å²) in [5.41, 5.74) is 1.20. The van der Waals surface area contributed by atoms with Crippen molar-refractivity contribution in [1.82, 2.24) is 9.97 Å². The maximum atomic E-state index is 12.2. The molecule has 0 unspecified atom stereocenters. The molecule has 0 atom stereocenters. The standard InChI is InChI=1S/C22H21N3O4S/c1-4-28-18-7-5-6-8-19(18)29-13-15-11-14(9-10-17(15)27-2)20-16(12-23)21(26)25-22(24-20)30-3/h5-11H,4,13H2,1-3H3,(H,24,25,26). The van der Waals surface area contributed by atoms with Gasteiger partial charge in [0.2, 0.25) is 0 Å². The highest BCUT2D eigenvalue weighted by Gasteiger charge is 2.16. The summed E-state index contributed by atoms with van der Waals surface area (Å²) in [6.45, 7) is 2.65. The fourth-order valence-corrected chi connectivity index (χ4v) is 3.28. The van der Waals surface area contributed by atoms with Crippen molar-refractivity contribution in [2.75, 3.05) is 20.0 Å². The second-order valence-corrected chi connectivity index (χ2v) is 6.90. The quantitative estimate of drug-likeness (QED) is 0.432. The van der Waals surface area contributed by atoms with E-state index in [-0.39, 0.29) is 12.2 Å². The molecule has 0 saturated heterocycles. The number of hydrogen-bond donors (Lipinski definition) is 1. The molecule has 0 saturated carbocycles. The van der Waals surface area contributed by atoms with Crippen molar-refractivity contribution in [3.8, 4) is 34.6 Å². The van der Waals surface area contributed by atoms with Crippen LogP contribution in [0.25, 0.3) is 11.3 Å². The van der Waals surface area contributed by atoms with Crippen LogP contribution in [0.1, 0.15) is 18.1 Å². The van der Waals surface area contributed by atoms with Crippen LogP contribution in [0.4, 0.5) is 0 Å². The van der Waals surface area contributed by atoms with Gasteiger partial charge in [0, 0.05) is 11.1 Å². The number of aromatic nitrogens is 2. The van der Waals surface area contributed by atoms with Crippen molar-refractivity contribution in [1.29, 1.82) is 5.26 Å². The number of benzene rings is 2. The van der Waals surface area contributed by atoms with Gasteiger partial charge in [-0.1, -0.05) is 23.9 Å². The number of nitriles is 1. The maximum Gasteiger partial charge on any atom is 0.270 e. The predicted molar refractivity (Wildman–Crippen MR) is 115 cm³/mol. The minimum atomic E-state index is -0.467. The zero-order chi connectivity index (χ0) is 21.5. The lowest BCUT2D eigenvalue weighted by Crippen LogP contribution is -2.14. The largest absolute Gasteiger partial charge is 0.496 e. The predicted octanol–water partition coefficient (Wildman–Crippen LogP) is 4.02. The van der Waals surface area contributed by atoms with Crippen LogP contribution in [-0.2, 0) is 6.61 Å². The number of aromatic amines is 1. The number of nitrogens with one attached hydrogen (secondary N) is 1. The number of thioether (sulfide) groups is 1. The first-order valence-corrected chi connectivity index (χ1v) is 10.4. The molecule has 7 nitrogen and oxygen atoms in total. The summed E-state index contributed by atoms with van der Waals surface area (Å²) in [5.74, 6) is 1.90. The Bertz CT molecular complexity index is 1140. The monoisotopic (exact) mass is 423 g/mol. The fraction of sp³-hybridized carbons (Fsp3) is 0.227. The van der Waals surface area contributed by atoms with Crippen LogP contribution < -0.4 is 19.8 Å². The average molecular weight is 423 g/mol. The molecule has 0 bridgehead atoms. The van der Waals surface area contributed by atoms with Gasteiger partial charge < -0.3 is 19.2 Å². The van der Waals surface area contributed by atoms with Gasteiger partial charge in [0.15, 0.2) is 16.7 Å². The summed E-state index contributed by atoms with van der Waals surface area (Å²) in [4.78, 5) is 19.3. The van der Waals surface area contributed by atoms with E-state index in [1.807, 2.05) is 43.3 Å². The Labute approximate surface area is 178 Å². The molecule has 0 fully saturated rings. The Hall–Kier alpha value is -3.44. The molecule has 1 aromatic heterocycles. The van der Waals surface area contributed by atoms with E-state index in [0.717, 1.165) is 5.56 Å². The number of ether oxygens (including phenoxy) is 3. The van der Waals surface area contributed by atoms with Crippen LogP contribution in [-0.4, -0.2) is 29.9 Å². The first-order chi connectivity index (χ1) is 14.6. The van der Waals surface area contributed by atoms with Gasteiger partial charge in [-0.25, -0.2) is 4.98 Å². The number of rotatable bonds is 8. The van der Waals surface area contributed by atoms with Gasteiger partial charge in [0.05, 0.1) is 19.4 Å². The second kappa shape index (κ2) is 9.85. The molecule has 8 heteroatoms. The fourth-order valence-electron chi connectivity index (χ4n) is 2.90. The van der Waals surface area contributed by atoms with Gasteiger partial charge in [0.1, 0.15) is 24.0 Å². The van der Waals surface area contributed by atoms with E-state index in [0.29, 0.717) is 40.3 Å². The lowest BCUT2D eigenvalue weighted by atomic mass is 10.0. The average Bonchev–Trinajstić information content (AvgIpc) is 2.77. The Balaban J connectivity index is 1.99. The molecule has 1 N–H and O–H groups in total. The second-order valence-electron chi connectivity index (χ2n) is 6.11. The minimum absolute atomic E-state index is 0.0356. The van der Waals surface area contributed by atoms with Crippen LogP contribution in [0, 0.1) is 11.3 Å². The Morgan fingerprint density at radius 3 is 2.50 bits per heavy atom. The van der Waals surface area contributed by atoms with Gasteiger partial charge >= 0.3 is 0 Å². The molecule has 154 valence electrons. The number of hydrogen-bond acceptors (Lipinski definition) is 7. The van der Waals surface area contributed by atoms with Crippen molar-refractivity contribution in [3.05, 3.63) is 63.9 Å². The van der Waals surface area contributed by atoms with Crippen LogP contribution in [0.3, 0.4) is 0 Å². The summed E-state index contributed by atoms with van der Waals surface area (Å²) < 4.78 is 17.0. The third-order valence-electron chi connectivity index (χ3n) is 4.29. The minimum Gasteiger partial charge on any atom is -0.496 e. The Kier molecular flexibility index (Phi) is 6.99. The molecule has 0 aliphatic heterocycles. The molecule has 2 aromatic carbocycles. The highest BCUT2D eigenvalue weighted by atomic mass is 32.2. The summed E-state index contributed by atoms with van der Waals surface area (Å²) in [5, 5.41) is 9.89. The molecule has 0 amide bonds. The zero-order valence-electron chi connectivity index (χ0n) is 16.9. The van der Waals surface area contributed by atoms with Crippen molar-refractivity contribution in [2.45, 2.75) is 18.7 Å². The Morgan fingerprint density at radius 1 is 1.13 bits per heavy atom. The molecule has 0 aliphatic carbocycles. The summed E-state index contributed by atoms with van der Waals surface area (Å²) in [6, 6.07) is 14.7. The lowest BCUT2D eigenvalue weighted by Gasteiger charge is -2.14. The molecule has 0 radical (unpaired) electrons. The molecule has 0 aliphatic rings. The smallest absolute Gasteiger partial charge is 0.270 e. The van der Waals surface area contributed by atoms with Gasteiger partial charge in [-0.15, -0.1) is 0 Å².